The Labute approximate surface area is 183 Å². The predicted molar refractivity (Wildman–Crippen MR) is 106 cm³/mol. The van der Waals surface area contributed by atoms with Gasteiger partial charge in [-0.2, -0.15) is 13.2 Å². The standard InChI is InChI=1S/C18H22N2O4S.C2HF3O2/c21-25(22)17-4-2-1-3-16(17)24-14-18(13-19-25)6-8-20(9-7-18)11-15-5-10-23-12-15;3-2(4,5)1(6)7/h1-5,10,12,19H,6-9,11,13-14H2;(H,6,7). The number of likely N-dealkylation sites (tertiary alicyclic amines) is 1. The fourth-order valence-corrected chi connectivity index (χ4v) is 4.85. The molecule has 8 nitrogen and oxygen atoms in total. The number of piperidine rings is 1. The first-order chi connectivity index (χ1) is 15.0. The summed E-state index contributed by atoms with van der Waals surface area (Å²) in [5.74, 6) is -2.32. The van der Waals surface area contributed by atoms with Gasteiger partial charge >= 0.3 is 12.1 Å². The van der Waals surface area contributed by atoms with Crippen molar-refractivity contribution in [2.45, 2.75) is 30.5 Å². The van der Waals surface area contributed by atoms with E-state index in [1.165, 1.54) is 5.56 Å². The van der Waals surface area contributed by atoms with Gasteiger partial charge in [-0.05, 0) is 44.1 Å². The smallest absolute Gasteiger partial charge is 0.490 e. The zero-order chi connectivity index (χ0) is 23.4. The second-order valence-corrected chi connectivity index (χ2v) is 9.51. The van der Waals surface area contributed by atoms with E-state index in [-0.39, 0.29) is 10.3 Å². The molecule has 1 spiro atoms. The molecule has 1 saturated heterocycles. The molecule has 3 heterocycles. The highest BCUT2D eigenvalue weighted by Crippen LogP contribution is 2.36. The van der Waals surface area contributed by atoms with Crippen molar-refractivity contribution in [1.82, 2.24) is 9.62 Å². The fraction of sp³-hybridized carbons (Fsp3) is 0.450. The first-order valence-electron chi connectivity index (χ1n) is 9.76. The summed E-state index contributed by atoms with van der Waals surface area (Å²) in [4.78, 5) is 11.5. The summed E-state index contributed by atoms with van der Waals surface area (Å²) in [5, 5.41) is 7.12. The molecule has 0 aliphatic carbocycles. The number of hydrogen-bond acceptors (Lipinski definition) is 6. The number of fused-ring (bicyclic) bond motifs is 1. The van der Waals surface area contributed by atoms with Crippen LogP contribution in [0, 0.1) is 5.41 Å². The van der Waals surface area contributed by atoms with Crippen LogP contribution in [0.1, 0.15) is 18.4 Å². The molecule has 0 atom stereocenters. The molecule has 12 heteroatoms. The summed E-state index contributed by atoms with van der Waals surface area (Å²) in [5.41, 5.74) is 1.01. The Morgan fingerprint density at radius 3 is 2.44 bits per heavy atom. The highest BCUT2D eigenvalue weighted by atomic mass is 32.2. The number of carbonyl (C=O) groups is 1. The van der Waals surface area contributed by atoms with E-state index in [9.17, 15) is 21.6 Å². The van der Waals surface area contributed by atoms with Gasteiger partial charge < -0.3 is 14.3 Å². The number of hydrogen-bond donors (Lipinski definition) is 2. The minimum absolute atomic E-state index is 0.159. The molecule has 32 heavy (non-hydrogen) atoms. The summed E-state index contributed by atoms with van der Waals surface area (Å²) >= 11 is 0. The van der Waals surface area contributed by atoms with Gasteiger partial charge in [-0.1, -0.05) is 12.1 Å². The van der Waals surface area contributed by atoms with Crippen molar-refractivity contribution in [1.29, 1.82) is 0 Å². The summed E-state index contributed by atoms with van der Waals surface area (Å²) in [6.07, 6.45) is 0.176. The minimum atomic E-state index is -5.08. The number of ether oxygens (including phenoxy) is 1. The van der Waals surface area contributed by atoms with Gasteiger partial charge in [0.1, 0.15) is 10.6 Å². The zero-order valence-corrected chi connectivity index (χ0v) is 17.8. The molecule has 176 valence electrons. The van der Waals surface area contributed by atoms with Gasteiger partial charge in [-0.3, -0.25) is 4.90 Å². The molecule has 1 aromatic carbocycles. The Bertz CT molecular complexity index is 1020. The Kier molecular flexibility index (Phi) is 7.16. The molecular formula is C20H23F3N2O6S. The van der Waals surface area contributed by atoms with E-state index in [0.29, 0.717) is 18.9 Å². The lowest BCUT2D eigenvalue weighted by Gasteiger charge is -2.42. The number of alkyl halides is 3. The van der Waals surface area contributed by atoms with E-state index in [1.807, 2.05) is 6.07 Å². The molecule has 4 rings (SSSR count). The molecule has 0 unspecified atom stereocenters. The SMILES string of the molecule is O=C(O)C(F)(F)F.O=S1(=O)NCC2(CCN(Cc3ccoc3)CC2)COc2ccccc21. The van der Waals surface area contributed by atoms with Crippen molar-refractivity contribution in [2.24, 2.45) is 5.41 Å². The quantitative estimate of drug-likeness (QED) is 0.686. The number of rotatable bonds is 2. The van der Waals surface area contributed by atoms with Crippen LogP contribution in [0.2, 0.25) is 0 Å². The van der Waals surface area contributed by atoms with E-state index in [1.54, 1.807) is 36.8 Å². The number of sulfonamides is 1. The third-order valence-corrected chi connectivity index (χ3v) is 6.90. The number of carboxylic acids is 1. The maximum atomic E-state index is 12.5. The molecule has 2 aliphatic rings. The second-order valence-electron chi connectivity index (χ2n) is 7.77. The van der Waals surface area contributed by atoms with E-state index >= 15 is 0 Å². The van der Waals surface area contributed by atoms with E-state index in [4.69, 9.17) is 19.1 Å². The van der Waals surface area contributed by atoms with Crippen LogP contribution in [0.4, 0.5) is 13.2 Å². The first kappa shape index (κ1) is 24.1. The molecule has 0 saturated carbocycles. The van der Waals surface area contributed by atoms with Crippen LogP contribution >= 0.6 is 0 Å². The van der Waals surface area contributed by atoms with Crippen molar-refractivity contribution in [3.63, 3.8) is 0 Å². The van der Waals surface area contributed by atoms with E-state index in [0.717, 1.165) is 32.5 Å². The number of benzene rings is 1. The van der Waals surface area contributed by atoms with Crippen LogP contribution in [-0.4, -0.2) is 56.8 Å². The topological polar surface area (TPSA) is 109 Å². The van der Waals surface area contributed by atoms with Gasteiger partial charge in [0.05, 0.1) is 19.1 Å². The number of halogens is 3. The van der Waals surface area contributed by atoms with Crippen molar-refractivity contribution < 1.29 is 40.6 Å². The molecule has 1 fully saturated rings. The first-order valence-corrected chi connectivity index (χ1v) is 11.2. The van der Waals surface area contributed by atoms with E-state index in [2.05, 4.69) is 9.62 Å². The molecule has 0 bridgehead atoms. The molecule has 2 N–H and O–H groups in total. The van der Waals surface area contributed by atoms with Crippen LogP contribution in [0.15, 0.2) is 52.2 Å². The van der Waals surface area contributed by atoms with Crippen LogP contribution in [0.3, 0.4) is 0 Å². The van der Waals surface area contributed by atoms with Crippen molar-refractivity contribution in [3.8, 4) is 5.75 Å². The minimum Gasteiger partial charge on any atom is -0.492 e. The third kappa shape index (κ3) is 6.02. The van der Waals surface area contributed by atoms with Gasteiger partial charge in [0.2, 0.25) is 10.0 Å². The summed E-state index contributed by atoms with van der Waals surface area (Å²) < 4.78 is 70.7. The third-order valence-electron chi connectivity index (χ3n) is 5.46. The Morgan fingerprint density at radius 2 is 1.84 bits per heavy atom. The maximum absolute atomic E-state index is 12.5. The van der Waals surface area contributed by atoms with Crippen molar-refractivity contribution in [3.05, 3.63) is 48.4 Å². The predicted octanol–water partition coefficient (Wildman–Crippen LogP) is 2.87. The van der Waals surface area contributed by atoms with Crippen molar-refractivity contribution >= 4 is 16.0 Å². The zero-order valence-electron chi connectivity index (χ0n) is 17.0. The summed E-state index contributed by atoms with van der Waals surface area (Å²) in [7, 11) is -3.53. The number of nitrogens with zero attached hydrogens (tertiary/aromatic N) is 1. The van der Waals surface area contributed by atoms with Crippen LogP contribution < -0.4 is 9.46 Å². The molecule has 0 amide bonds. The van der Waals surface area contributed by atoms with Gasteiger partial charge in [-0.15, -0.1) is 0 Å². The molecule has 1 aromatic heterocycles. The summed E-state index contributed by atoms with van der Waals surface area (Å²) in [6.45, 7) is 3.65. The number of nitrogens with one attached hydrogen (secondary N) is 1. The Balaban J connectivity index is 0.000000360. The van der Waals surface area contributed by atoms with Gasteiger partial charge in [-0.25, -0.2) is 17.9 Å². The number of furan rings is 1. The molecule has 2 aliphatic heterocycles. The number of carboxylic acid groups (broad SMARTS) is 1. The number of para-hydroxylation sites is 1. The van der Waals surface area contributed by atoms with Gasteiger partial charge in [0.15, 0.2) is 0 Å². The fourth-order valence-electron chi connectivity index (χ4n) is 3.55. The summed E-state index contributed by atoms with van der Waals surface area (Å²) in [6, 6.07) is 8.81. The number of aliphatic carboxylic acids is 1. The molecule has 2 aromatic rings. The average Bonchev–Trinajstić information content (AvgIpc) is 3.25. The van der Waals surface area contributed by atoms with Crippen molar-refractivity contribution in [2.75, 3.05) is 26.2 Å². The monoisotopic (exact) mass is 476 g/mol. The van der Waals surface area contributed by atoms with E-state index < -0.39 is 22.2 Å². The Hall–Kier alpha value is -2.57. The second kappa shape index (κ2) is 9.51. The highest BCUT2D eigenvalue weighted by Gasteiger charge is 2.39. The largest absolute Gasteiger partial charge is 0.492 e. The van der Waals surface area contributed by atoms with Crippen LogP contribution in [-0.2, 0) is 21.4 Å². The van der Waals surface area contributed by atoms with Crippen LogP contribution in [0.25, 0.3) is 0 Å². The Morgan fingerprint density at radius 1 is 1.19 bits per heavy atom. The maximum Gasteiger partial charge on any atom is 0.490 e. The normalized spacial score (nSPS) is 20.1. The lowest BCUT2D eigenvalue weighted by atomic mass is 9.79. The molecule has 0 radical (unpaired) electrons. The average molecular weight is 476 g/mol. The van der Waals surface area contributed by atoms with Gasteiger partial charge in [0.25, 0.3) is 0 Å². The molecular weight excluding hydrogens is 453 g/mol. The van der Waals surface area contributed by atoms with Gasteiger partial charge in [0, 0.05) is 24.1 Å². The lowest BCUT2D eigenvalue weighted by Crippen LogP contribution is -2.49. The van der Waals surface area contributed by atoms with Crippen LogP contribution in [0.5, 0.6) is 5.75 Å². The lowest BCUT2D eigenvalue weighted by molar-refractivity contribution is -0.192. The highest BCUT2D eigenvalue weighted by molar-refractivity contribution is 7.89.